The van der Waals surface area contributed by atoms with Crippen LogP contribution in [0, 0.1) is 24.7 Å². The lowest BCUT2D eigenvalue weighted by molar-refractivity contribution is -0.130. The van der Waals surface area contributed by atoms with E-state index < -0.39 is 0 Å². The highest BCUT2D eigenvalue weighted by Gasteiger charge is 2.45. The van der Waals surface area contributed by atoms with E-state index in [0.717, 1.165) is 56.1 Å². The molecule has 0 unspecified atom stereocenters. The van der Waals surface area contributed by atoms with Gasteiger partial charge in [0, 0.05) is 58.1 Å². The Labute approximate surface area is 174 Å². The zero-order valence-electron chi connectivity index (χ0n) is 18.0. The molecule has 6 heteroatoms. The summed E-state index contributed by atoms with van der Waals surface area (Å²) in [6.45, 7) is 9.05. The second-order valence-corrected chi connectivity index (χ2v) is 9.95. The van der Waals surface area contributed by atoms with Gasteiger partial charge in [0.05, 0.1) is 12.1 Å². The summed E-state index contributed by atoms with van der Waals surface area (Å²) in [6, 6.07) is 1.08. The lowest BCUT2D eigenvalue weighted by Crippen LogP contribution is -2.45. The van der Waals surface area contributed by atoms with Crippen LogP contribution in [0.5, 0.6) is 0 Å². The van der Waals surface area contributed by atoms with E-state index in [4.69, 9.17) is 4.74 Å². The van der Waals surface area contributed by atoms with Gasteiger partial charge >= 0.3 is 0 Å². The molecule has 0 bridgehead atoms. The fourth-order valence-corrected chi connectivity index (χ4v) is 6.02. The Morgan fingerprint density at radius 1 is 1.14 bits per heavy atom. The van der Waals surface area contributed by atoms with Gasteiger partial charge in [0.1, 0.15) is 5.82 Å². The predicted molar refractivity (Wildman–Crippen MR) is 112 cm³/mol. The minimum Gasteiger partial charge on any atom is -0.376 e. The maximum absolute atomic E-state index is 11.6. The molecule has 1 amide bonds. The van der Waals surface area contributed by atoms with Crippen LogP contribution in [-0.2, 0) is 9.53 Å². The average molecular weight is 401 g/mol. The summed E-state index contributed by atoms with van der Waals surface area (Å²) < 4.78 is 8.89. The van der Waals surface area contributed by atoms with E-state index in [0.29, 0.717) is 18.2 Å². The summed E-state index contributed by atoms with van der Waals surface area (Å²) in [5.41, 5.74) is 0. The summed E-state index contributed by atoms with van der Waals surface area (Å²) >= 11 is 0. The zero-order valence-corrected chi connectivity index (χ0v) is 18.0. The van der Waals surface area contributed by atoms with Crippen molar-refractivity contribution in [1.82, 2.24) is 19.4 Å². The third-order valence-electron chi connectivity index (χ3n) is 8.00. The van der Waals surface area contributed by atoms with Crippen LogP contribution in [0.25, 0.3) is 0 Å². The molecule has 1 aromatic heterocycles. The second-order valence-electron chi connectivity index (χ2n) is 9.95. The quantitative estimate of drug-likeness (QED) is 0.763. The molecule has 2 saturated heterocycles. The zero-order chi connectivity index (χ0) is 20.0. The van der Waals surface area contributed by atoms with Gasteiger partial charge in [-0.2, -0.15) is 0 Å². The summed E-state index contributed by atoms with van der Waals surface area (Å²) in [5, 5.41) is 0. The second kappa shape index (κ2) is 8.03. The highest BCUT2D eigenvalue weighted by atomic mass is 16.5. The lowest BCUT2D eigenvalue weighted by atomic mass is 9.77. The summed E-state index contributed by atoms with van der Waals surface area (Å²) in [7, 11) is 0. The van der Waals surface area contributed by atoms with Crippen molar-refractivity contribution >= 4 is 5.91 Å². The number of hydrogen-bond donors (Lipinski definition) is 0. The van der Waals surface area contributed by atoms with Crippen LogP contribution in [0.3, 0.4) is 0 Å². The van der Waals surface area contributed by atoms with Gasteiger partial charge in [-0.05, 0) is 63.2 Å². The van der Waals surface area contributed by atoms with Gasteiger partial charge in [0.25, 0.3) is 0 Å². The van der Waals surface area contributed by atoms with E-state index >= 15 is 0 Å². The highest BCUT2D eigenvalue weighted by molar-refractivity contribution is 5.73. The van der Waals surface area contributed by atoms with Crippen LogP contribution >= 0.6 is 0 Å². The molecular formula is C23H36N4O2. The Kier molecular flexibility index (Phi) is 5.41. The number of piperidine rings is 1. The van der Waals surface area contributed by atoms with E-state index in [9.17, 15) is 4.79 Å². The molecule has 3 heterocycles. The molecule has 4 fully saturated rings. The third kappa shape index (κ3) is 4.11. The largest absolute Gasteiger partial charge is 0.376 e. The Balaban J connectivity index is 1.25. The van der Waals surface area contributed by atoms with Gasteiger partial charge in [-0.25, -0.2) is 4.98 Å². The molecule has 6 nitrogen and oxygen atoms in total. The Bertz CT molecular complexity index is 722. The monoisotopic (exact) mass is 400 g/mol. The molecule has 160 valence electrons. The maximum atomic E-state index is 11.6. The van der Waals surface area contributed by atoms with E-state index in [-0.39, 0.29) is 5.91 Å². The van der Waals surface area contributed by atoms with E-state index in [1.54, 1.807) is 6.92 Å². The number of likely N-dealkylation sites (tertiary alicyclic amines) is 2. The third-order valence-corrected chi connectivity index (χ3v) is 8.00. The van der Waals surface area contributed by atoms with E-state index in [2.05, 4.69) is 27.6 Å². The number of hydrogen-bond acceptors (Lipinski definition) is 4. The Hall–Kier alpha value is -1.40. The first-order valence-electron chi connectivity index (χ1n) is 11.7. The Morgan fingerprint density at radius 3 is 2.48 bits per heavy atom. The first-order chi connectivity index (χ1) is 14.1. The summed E-state index contributed by atoms with van der Waals surface area (Å²) in [6.07, 6.45) is 11.8. The smallest absolute Gasteiger partial charge is 0.219 e. The number of aromatic nitrogens is 2. The van der Waals surface area contributed by atoms with Crippen LogP contribution in [0.4, 0.5) is 0 Å². The van der Waals surface area contributed by atoms with Gasteiger partial charge < -0.3 is 14.2 Å². The molecule has 2 aliphatic heterocycles. The van der Waals surface area contributed by atoms with Gasteiger partial charge in [0.2, 0.25) is 5.91 Å². The molecular weight excluding hydrogens is 364 g/mol. The first-order valence-corrected chi connectivity index (χ1v) is 11.7. The first kappa shape index (κ1) is 19.6. The van der Waals surface area contributed by atoms with Gasteiger partial charge in [0.15, 0.2) is 0 Å². The molecule has 4 aliphatic rings. The van der Waals surface area contributed by atoms with Crippen LogP contribution in [-0.4, -0.2) is 70.2 Å². The van der Waals surface area contributed by atoms with Crippen molar-refractivity contribution < 1.29 is 9.53 Å². The van der Waals surface area contributed by atoms with Crippen molar-refractivity contribution in [1.29, 1.82) is 0 Å². The molecule has 0 spiro atoms. The summed E-state index contributed by atoms with van der Waals surface area (Å²) in [4.78, 5) is 20.9. The van der Waals surface area contributed by atoms with Crippen molar-refractivity contribution in [3.63, 3.8) is 0 Å². The normalized spacial score (nSPS) is 33.8. The maximum Gasteiger partial charge on any atom is 0.219 e. The van der Waals surface area contributed by atoms with Crippen molar-refractivity contribution in [2.24, 2.45) is 17.8 Å². The fraction of sp³-hybridized carbons (Fsp3) is 0.826. The summed E-state index contributed by atoms with van der Waals surface area (Å²) in [5.74, 6) is 3.66. The molecule has 1 aromatic rings. The molecule has 0 N–H and O–H groups in total. The van der Waals surface area contributed by atoms with Crippen molar-refractivity contribution in [3.05, 3.63) is 18.2 Å². The number of nitrogens with zero attached hydrogens (tertiary/aromatic N) is 4. The van der Waals surface area contributed by atoms with E-state index in [1.807, 2.05) is 11.1 Å². The molecule has 0 radical (unpaired) electrons. The average Bonchev–Trinajstić information content (AvgIpc) is 3.31. The number of imidazole rings is 1. The number of rotatable bonds is 5. The molecule has 0 aromatic carbocycles. The van der Waals surface area contributed by atoms with Crippen LogP contribution in [0.15, 0.2) is 12.4 Å². The number of aryl methyl sites for hydroxylation is 1. The van der Waals surface area contributed by atoms with Crippen LogP contribution in [0.1, 0.15) is 57.3 Å². The lowest BCUT2D eigenvalue weighted by Gasteiger charge is -2.39. The molecule has 29 heavy (non-hydrogen) atoms. The predicted octanol–water partition coefficient (Wildman–Crippen LogP) is 2.88. The van der Waals surface area contributed by atoms with Crippen LogP contribution < -0.4 is 0 Å². The molecule has 2 aliphatic carbocycles. The van der Waals surface area contributed by atoms with Crippen molar-refractivity contribution in [2.75, 3.05) is 32.8 Å². The minimum absolute atomic E-state index is 0.229. The van der Waals surface area contributed by atoms with Gasteiger partial charge in [-0.15, -0.1) is 0 Å². The number of carbonyl (C=O) groups excluding carboxylic acids is 1. The highest BCUT2D eigenvalue weighted by Crippen LogP contribution is 2.44. The molecule has 4 atom stereocenters. The van der Waals surface area contributed by atoms with Crippen LogP contribution in [0.2, 0.25) is 0 Å². The standard InChI is InChI=1S/C23H36N4O2/c1-16-24-7-10-27(16)22-11-19-13-26(21-5-8-25(9-6-21)17(2)28)14-20(19)12-23(22)29-15-18-3-4-18/h7,10,18-23H,3-6,8-9,11-15H2,1-2H3/t19-,20+,22-,23-/m0/s1. The van der Waals surface area contributed by atoms with Gasteiger partial charge in [-0.3, -0.25) is 9.69 Å². The molecule has 2 saturated carbocycles. The number of fused-ring (bicyclic) bond motifs is 1. The Morgan fingerprint density at radius 2 is 1.86 bits per heavy atom. The SMILES string of the molecule is CC(=O)N1CCC(N2C[C@H]3C[C@H](OCC4CC4)[C@@H](n4ccnc4C)C[C@H]3C2)CC1. The fourth-order valence-electron chi connectivity index (χ4n) is 6.02. The topological polar surface area (TPSA) is 50.6 Å². The number of amides is 1. The molecule has 5 rings (SSSR count). The van der Waals surface area contributed by atoms with Crippen molar-refractivity contribution in [3.8, 4) is 0 Å². The number of ether oxygens (including phenoxy) is 1. The minimum atomic E-state index is 0.229. The van der Waals surface area contributed by atoms with E-state index in [1.165, 1.54) is 38.8 Å². The van der Waals surface area contributed by atoms with Crippen molar-refractivity contribution in [2.45, 2.75) is 70.6 Å². The number of carbonyl (C=O) groups is 1. The van der Waals surface area contributed by atoms with Gasteiger partial charge in [-0.1, -0.05) is 0 Å².